The van der Waals surface area contributed by atoms with E-state index in [2.05, 4.69) is 17.0 Å². The van der Waals surface area contributed by atoms with Crippen molar-refractivity contribution in [3.8, 4) is 28.8 Å². The van der Waals surface area contributed by atoms with Crippen LogP contribution in [0.3, 0.4) is 0 Å². The average Bonchev–Trinajstić information content (AvgIpc) is 3.16. The molecule has 0 saturated carbocycles. The molecule has 3 aromatic rings. The Morgan fingerprint density at radius 2 is 2.04 bits per heavy atom. The topological polar surface area (TPSA) is 55.6 Å². The molecule has 5 nitrogen and oxygen atoms in total. The summed E-state index contributed by atoms with van der Waals surface area (Å²) in [5, 5.41) is 4.23. The first-order chi connectivity index (χ1) is 13.2. The van der Waals surface area contributed by atoms with E-state index in [1.54, 1.807) is 12.0 Å². The molecule has 0 bridgehead atoms. The molecule has 1 amide bonds. The zero-order valence-corrected chi connectivity index (χ0v) is 14.9. The third-order valence-corrected chi connectivity index (χ3v) is 4.55. The molecule has 1 aromatic heterocycles. The van der Waals surface area contributed by atoms with E-state index in [-0.39, 0.29) is 5.91 Å². The summed E-state index contributed by atoms with van der Waals surface area (Å²) >= 11 is 0. The van der Waals surface area contributed by atoms with Crippen molar-refractivity contribution in [1.82, 2.24) is 10.1 Å². The van der Waals surface area contributed by atoms with Crippen molar-refractivity contribution in [2.24, 2.45) is 0 Å². The van der Waals surface area contributed by atoms with Crippen LogP contribution in [-0.2, 0) is 17.8 Å². The van der Waals surface area contributed by atoms with Crippen molar-refractivity contribution < 1.29 is 14.1 Å². The van der Waals surface area contributed by atoms with Gasteiger partial charge in [0.25, 0.3) is 5.91 Å². The van der Waals surface area contributed by atoms with Crippen LogP contribution < -0.4 is 4.74 Å². The second-order valence-corrected chi connectivity index (χ2v) is 6.26. The number of rotatable bonds is 2. The Morgan fingerprint density at radius 3 is 2.85 bits per heavy atom. The van der Waals surface area contributed by atoms with E-state index in [1.807, 2.05) is 54.6 Å². The van der Waals surface area contributed by atoms with Gasteiger partial charge in [-0.3, -0.25) is 4.79 Å². The van der Waals surface area contributed by atoms with Crippen LogP contribution in [-0.4, -0.2) is 29.6 Å². The number of nitrogens with zero attached hydrogens (tertiary/aromatic N) is 2. The maximum absolute atomic E-state index is 12.5. The second kappa shape index (κ2) is 7.38. The van der Waals surface area contributed by atoms with Gasteiger partial charge in [0.1, 0.15) is 17.2 Å². The Morgan fingerprint density at radius 1 is 1.19 bits per heavy atom. The molecular formula is C22H18N2O3. The van der Waals surface area contributed by atoms with Crippen LogP contribution >= 0.6 is 0 Å². The summed E-state index contributed by atoms with van der Waals surface area (Å²) in [6, 6.07) is 17.1. The first-order valence-electron chi connectivity index (χ1n) is 8.72. The summed E-state index contributed by atoms with van der Waals surface area (Å²) in [5.74, 6) is 7.05. The van der Waals surface area contributed by atoms with Crippen LogP contribution in [0.25, 0.3) is 11.3 Å². The van der Waals surface area contributed by atoms with Gasteiger partial charge < -0.3 is 14.2 Å². The van der Waals surface area contributed by atoms with Gasteiger partial charge in [-0.25, -0.2) is 0 Å². The quantitative estimate of drug-likeness (QED) is 0.660. The number of ether oxygens (including phenoxy) is 1. The van der Waals surface area contributed by atoms with Crippen molar-refractivity contribution in [2.45, 2.75) is 13.0 Å². The monoisotopic (exact) mass is 358 g/mol. The molecule has 0 unspecified atom stereocenters. The van der Waals surface area contributed by atoms with Crippen molar-refractivity contribution in [1.29, 1.82) is 0 Å². The molecule has 4 rings (SSSR count). The van der Waals surface area contributed by atoms with Crippen LogP contribution in [0.4, 0.5) is 0 Å². The molecule has 1 aliphatic rings. The van der Waals surface area contributed by atoms with E-state index in [0.29, 0.717) is 19.5 Å². The standard InChI is InChI=1S/C22H18N2O3/c1-26-18-9-5-8-17(14-18)22-19-15-24(13-12-20(19)27-23-22)21(25)11-10-16-6-3-2-4-7-16/h2-9,14H,12-13,15H2,1H3. The fourth-order valence-electron chi connectivity index (χ4n) is 3.11. The zero-order valence-electron chi connectivity index (χ0n) is 14.9. The third-order valence-electron chi connectivity index (χ3n) is 4.55. The van der Waals surface area contributed by atoms with Crippen LogP contribution in [0.15, 0.2) is 59.1 Å². The highest BCUT2D eigenvalue weighted by atomic mass is 16.5. The molecule has 0 fully saturated rings. The number of amides is 1. The van der Waals surface area contributed by atoms with Crippen LogP contribution in [0.5, 0.6) is 5.75 Å². The number of fused-ring (bicyclic) bond motifs is 1. The molecule has 1 aliphatic heterocycles. The van der Waals surface area contributed by atoms with Gasteiger partial charge in [0.05, 0.1) is 13.7 Å². The van der Waals surface area contributed by atoms with Gasteiger partial charge in [-0.1, -0.05) is 41.4 Å². The summed E-state index contributed by atoms with van der Waals surface area (Å²) < 4.78 is 10.8. The van der Waals surface area contributed by atoms with E-state index in [4.69, 9.17) is 9.26 Å². The zero-order chi connectivity index (χ0) is 18.6. The minimum absolute atomic E-state index is 0.192. The Kier molecular flexibility index (Phi) is 4.63. The van der Waals surface area contributed by atoms with Crippen molar-refractivity contribution in [3.05, 3.63) is 71.5 Å². The lowest BCUT2D eigenvalue weighted by Crippen LogP contribution is -2.34. The highest BCUT2D eigenvalue weighted by Crippen LogP contribution is 2.31. The molecule has 0 saturated heterocycles. The van der Waals surface area contributed by atoms with Gasteiger partial charge in [0.2, 0.25) is 0 Å². The van der Waals surface area contributed by atoms with Gasteiger partial charge in [-0.05, 0) is 24.3 Å². The number of carbonyl (C=O) groups excluding carboxylic acids is 1. The summed E-state index contributed by atoms with van der Waals surface area (Å²) in [5.41, 5.74) is 3.41. The fourth-order valence-corrected chi connectivity index (χ4v) is 3.11. The van der Waals surface area contributed by atoms with Crippen molar-refractivity contribution in [3.63, 3.8) is 0 Å². The van der Waals surface area contributed by atoms with Gasteiger partial charge in [-0.2, -0.15) is 0 Å². The number of aromatic nitrogens is 1. The summed E-state index contributed by atoms with van der Waals surface area (Å²) in [6.45, 7) is 1.01. The van der Waals surface area contributed by atoms with Gasteiger partial charge in [-0.15, -0.1) is 0 Å². The number of methoxy groups -OCH3 is 1. The summed E-state index contributed by atoms with van der Waals surface area (Å²) in [6.07, 6.45) is 0.630. The minimum atomic E-state index is -0.192. The lowest BCUT2D eigenvalue weighted by molar-refractivity contribution is -0.126. The number of benzene rings is 2. The third kappa shape index (κ3) is 3.56. The Balaban J connectivity index is 1.57. The molecule has 134 valence electrons. The smallest absolute Gasteiger partial charge is 0.299 e. The predicted octanol–water partition coefficient (Wildman–Crippen LogP) is 3.29. The van der Waals surface area contributed by atoms with Crippen LogP contribution in [0, 0.1) is 11.8 Å². The Bertz CT molecular complexity index is 1030. The van der Waals surface area contributed by atoms with E-state index in [1.165, 1.54) is 0 Å². The van der Waals surface area contributed by atoms with Crippen LogP contribution in [0.1, 0.15) is 16.9 Å². The first-order valence-corrected chi connectivity index (χ1v) is 8.72. The van der Waals surface area contributed by atoms with E-state index in [9.17, 15) is 4.79 Å². The molecule has 0 radical (unpaired) electrons. The second-order valence-electron chi connectivity index (χ2n) is 6.26. The molecule has 0 aliphatic carbocycles. The lowest BCUT2D eigenvalue weighted by Gasteiger charge is -2.24. The van der Waals surface area contributed by atoms with Gasteiger partial charge >= 0.3 is 0 Å². The Hall–Kier alpha value is -3.52. The van der Waals surface area contributed by atoms with Crippen molar-refractivity contribution in [2.75, 3.05) is 13.7 Å². The summed E-state index contributed by atoms with van der Waals surface area (Å²) in [4.78, 5) is 14.3. The maximum Gasteiger partial charge on any atom is 0.299 e. The average molecular weight is 358 g/mol. The largest absolute Gasteiger partial charge is 0.497 e. The lowest BCUT2D eigenvalue weighted by atomic mass is 10.0. The molecule has 27 heavy (non-hydrogen) atoms. The minimum Gasteiger partial charge on any atom is -0.497 e. The van der Waals surface area contributed by atoms with E-state index < -0.39 is 0 Å². The molecule has 0 atom stereocenters. The number of hydrogen-bond donors (Lipinski definition) is 0. The molecular weight excluding hydrogens is 340 g/mol. The molecule has 0 N–H and O–H groups in total. The first kappa shape index (κ1) is 16.9. The number of hydrogen-bond acceptors (Lipinski definition) is 4. The summed E-state index contributed by atoms with van der Waals surface area (Å²) in [7, 11) is 1.63. The molecule has 2 heterocycles. The highest BCUT2D eigenvalue weighted by Gasteiger charge is 2.27. The maximum atomic E-state index is 12.5. The number of carbonyl (C=O) groups is 1. The van der Waals surface area contributed by atoms with Gasteiger partial charge in [0, 0.05) is 35.6 Å². The molecule has 2 aromatic carbocycles. The van der Waals surface area contributed by atoms with E-state index >= 15 is 0 Å². The molecule has 0 spiro atoms. The predicted molar refractivity (Wildman–Crippen MR) is 101 cm³/mol. The SMILES string of the molecule is COc1cccc(-c2noc3c2CN(C(=O)C#Cc2ccccc2)CC3)c1. The van der Waals surface area contributed by atoms with Crippen molar-refractivity contribution >= 4 is 5.91 Å². The highest BCUT2D eigenvalue weighted by molar-refractivity contribution is 5.94. The van der Waals surface area contributed by atoms with E-state index in [0.717, 1.165) is 33.9 Å². The van der Waals surface area contributed by atoms with Gasteiger partial charge in [0.15, 0.2) is 0 Å². The Labute approximate surface area is 157 Å². The molecule has 5 heteroatoms. The van der Waals surface area contributed by atoms with Crippen LogP contribution in [0.2, 0.25) is 0 Å². The fraction of sp³-hybridized carbons (Fsp3) is 0.182. The normalized spacial score (nSPS) is 12.7.